The molecule has 1 aliphatic carbocycles. The van der Waals surface area contributed by atoms with E-state index in [1.54, 1.807) is 13.0 Å². The summed E-state index contributed by atoms with van der Waals surface area (Å²) in [5, 5.41) is 17.7. The summed E-state index contributed by atoms with van der Waals surface area (Å²) in [6, 6.07) is 6.93. The van der Waals surface area contributed by atoms with E-state index in [1.165, 1.54) is 6.07 Å². The Morgan fingerprint density at radius 2 is 1.96 bits per heavy atom. The largest absolute Gasteiger partial charge is 0.350 e. The minimum absolute atomic E-state index is 0.0921. The van der Waals surface area contributed by atoms with Crippen LogP contribution in [-0.4, -0.2) is 20.4 Å². The van der Waals surface area contributed by atoms with Crippen LogP contribution in [0.4, 0.5) is 23.1 Å². The van der Waals surface area contributed by atoms with Crippen LogP contribution in [0.25, 0.3) is 0 Å². The Labute approximate surface area is 147 Å². The number of aromatic nitrogens is 2. The first-order valence-electron chi connectivity index (χ1n) is 8.41. The van der Waals surface area contributed by atoms with Crippen LogP contribution in [0.1, 0.15) is 50.8 Å². The van der Waals surface area contributed by atoms with Crippen LogP contribution in [0.3, 0.4) is 0 Å². The summed E-state index contributed by atoms with van der Waals surface area (Å²) >= 11 is 0. The van der Waals surface area contributed by atoms with E-state index in [-0.39, 0.29) is 16.1 Å². The van der Waals surface area contributed by atoms with Gasteiger partial charge >= 0.3 is 0 Å². The molecular weight excluding hydrogens is 318 g/mol. The van der Waals surface area contributed by atoms with Gasteiger partial charge in [-0.15, -0.1) is 0 Å². The summed E-state index contributed by atoms with van der Waals surface area (Å²) in [5.41, 5.74) is 2.21. The standard InChI is InChI=1S/C18H23N5O2/c1-11-13(6-5-7-15(11)23(24)25)19-16-10-14(12-8-9-12)20-17(21-16)22-18(2,3)4/h5-7,10,12H,8-9H2,1-4H3,(H2,19,20,21,22). The van der Waals surface area contributed by atoms with Gasteiger partial charge < -0.3 is 10.6 Å². The van der Waals surface area contributed by atoms with Crippen molar-refractivity contribution < 1.29 is 4.92 Å². The van der Waals surface area contributed by atoms with Gasteiger partial charge in [-0.1, -0.05) is 6.07 Å². The van der Waals surface area contributed by atoms with Crippen molar-refractivity contribution in [2.45, 2.75) is 52.0 Å². The molecule has 25 heavy (non-hydrogen) atoms. The smallest absolute Gasteiger partial charge is 0.274 e. The Morgan fingerprint density at radius 3 is 2.56 bits per heavy atom. The third-order valence-corrected chi connectivity index (χ3v) is 3.99. The van der Waals surface area contributed by atoms with Crippen LogP contribution < -0.4 is 10.6 Å². The lowest BCUT2D eigenvalue weighted by atomic mass is 10.1. The van der Waals surface area contributed by atoms with Crippen molar-refractivity contribution in [1.82, 2.24) is 9.97 Å². The van der Waals surface area contributed by atoms with E-state index < -0.39 is 0 Å². The number of nitrogens with zero attached hydrogens (tertiary/aromatic N) is 3. The average molecular weight is 341 g/mol. The van der Waals surface area contributed by atoms with Crippen molar-refractivity contribution in [3.8, 4) is 0 Å². The van der Waals surface area contributed by atoms with Gasteiger partial charge in [0.25, 0.3) is 5.69 Å². The molecule has 0 saturated heterocycles. The fourth-order valence-corrected chi connectivity index (χ4v) is 2.60. The molecule has 2 aromatic rings. The molecule has 0 bridgehead atoms. The normalized spacial score (nSPS) is 14.2. The highest BCUT2D eigenvalue weighted by molar-refractivity contribution is 5.66. The number of anilines is 3. The molecule has 2 N–H and O–H groups in total. The van der Waals surface area contributed by atoms with Crippen LogP contribution in [-0.2, 0) is 0 Å². The molecule has 1 aromatic heterocycles. The predicted molar refractivity (Wildman–Crippen MR) is 98.5 cm³/mol. The summed E-state index contributed by atoms with van der Waals surface area (Å²) < 4.78 is 0. The minimum Gasteiger partial charge on any atom is -0.350 e. The second-order valence-corrected chi connectivity index (χ2v) is 7.48. The van der Waals surface area contributed by atoms with Crippen molar-refractivity contribution in [2.75, 3.05) is 10.6 Å². The van der Waals surface area contributed by atoms with Gasteiger partial charge in [0.2, 0.25) is 5.95 Å². The molecular formula is C18H23N5O2. The zero-order valence-electron chi connectivity index (χ0n) is 15.0. The van der Waals surface area contributed by atoms with E-state index in [9.17, 15) is 10.1 Å². The van der Waals surface area contributed by atoms with E-state index in [2.05, 4.69) is 41.4 Å². The molecule has 0 spiro atoms. The molecule has 0 unspecified atom stereocenters. The summed E-state index contributed by atoms with van der Waals surface area (Å²) in [5.74, 6) is 1.70. The van der Waals surface area contributed by atoms with E-state index in [4.69, 9.17) is 0 Å². The van der Waals surface area contributed by atoms with Crippen molar-refractivity contribution in [3.05, 3.63) is 45.6 Å². The third kappa shape index (κ3) is 4.23. The summed E-state index contributed by atoms with van der Waals surface area (Å²) in [6.07, 6.45) is 2.28. The maximum atomic E-state index is 11.1. The predicted octanol–water partition coefficient (Wildman–Crippen LogP) is 4.52. The third-order valence-electron chi connectivity index (χ3n) is 3.99. The molecule has 1 heterocycles. The highest BCUT2D eigenvalue weighted by atomic mass is 16.6. The van der Waals surface area contributed by atoms with Gasteiger partial charge in [0.1, 0.15) is 5.82 Å². The first-order valence-corrected chi connectivity index (χ1v) is 8.41. The fraction of sp³-hybridized carbons (Fsp3) is 0.444. The van der Waals surface area contributed by atoms with Crippen LogP contribution in [0.2, 0.25) is 0 Å². The van der Waals surface area contributed by atoms with Crippen molar-refractivity contribution in [3.63, 3.8) is 0 Å². The second kappa shape index (κ2) is 6.31. The molecule has 7 heteroatoms. The molecule has 1 aromatic carbocycles. The maximum absolute atomic E-state index is 11.1. The van der Waals surface area contributed by atoms with Gasteiger partial charge in [0, 0.05) is 29.3 Å². The van der Waals surface area contributed by atoms with Gasteiger partial charge in [-0.3, -0.25) is 10.1 Å². The minimum atomic E-state index is -0.372. The lowest BCUT2D eigenvalue weighted by Crippen LogP contribution is -2.27. The van der Waals surface area contributed by atoms with E-state index in [0.29, 0.717) is 28.9 Å². The summed E-state index contributed by atoms with van der Waals surface area (Å²) in [4.78, 5) is 19.9. The summed E-state index contributed by atoms with van der Waals surface area (Å²) in [7, 11) is 0. The number of nitro benzene ring substituents is 1. The molecule has 0 amide bonds. The van der Waals surface area contributed by atoms with Gasteiger partial charge in [0.05, 0.1) is 16.2 Å². The van der Waals surface area contributed by atoms with Crippen molar-refractivity contribution >= 4 is 23.1 Å². The van der Waals surface area contributed by atoms with Gasteiger partial charge in [-0.25, -0.2) is 4.98 Å². The van der Waals surface area contributed by atoms with E-state index in [0.717, 1.165) is 18.5 Å². The molecule has 0 radical (unpaired) electrons. The maximum Gasteiger partial charge on any atom is 0.274 e. The molecule has 1 saturated carbocycles. The van der Waals surface area contributed by atoms with Crippen LogP contribution in [0, 0.1) is 17.0 Å². The Balaban J connectivity index is 1.94. The number of benzene rings is 1. The van der Waals surface area contributed by atoms with Gasteiger partial charge in [0.15, 0.2) is 0 Å². The average Bonchev–Trinajstić information content (AvgIpc) is 3.31. The Morgan fingerprint density at radius 1 is 1.24 bits per heavy atom. The highest BCUT2D eigenvalue weighted by Gasteiger charge is 2.27. The zero-order chi connectivity index (χ0) is 18.2. The van der Waals surface area contributed by atoms with Crippen LogP contribution in [0.15, 0.2) is 24.3 Å². The van der Waals surface area contributed by atoms with E-state index >= 15 is 0 Å². The Bertz CT molecular complexity index is 810. The number of nitrogens with one attached hydrogen (secondary N) is 2. The Kier molecular flexibility index (Phi) is 4.32. The fourth-order valence-electron chi connectivity index (χ4n) is 2.60. The molecule has 7 nitrogen and oxygen atoms in total. The number of hydrogen-bond donors (Lipinski definition) is 2. The number of rotatable bonds is 5. The van der Waals surface area contributed by atoms with E-state index in [1.807, 2.05) is 12.1 Å². The topological polar surface area (TPSA) is 93.0 Å². The first kappa shape index (κ1) is 17.1. The molecule has 1 aliphatic rings. The van der Waals surface area contributed by atoms with Crippen LogP contribution >= 0.6 is 0 Å². The van der Waals surface area contributed by atoms with Crippen molar-refractivity contribution in [2.24, 2.45) is 0 Å². The lowest BCUT2D eigenvalue weighted by Gasteiger charge is -2.21. The SMILES string of the molecule is Cc1c(Nc2cc(C3CC3)nc(NC(C)(C)C)n2)cccc1[N+](=O)[O-]. The second-order valence-electron chi connectivity index (χ2n) is 7.48. The molecule has 132 valence electrons. The Hall–Kier alpha value is -2.70. The lowest BCUT2D eigenvalue weighted by molar-refractivity contribution is -0.385. The highest BCUT2D eigenvalue weighted by Crippen LogP contribution is 2.40. The molecule has 3 rings (SSSR count). The monoisotopic (exact) mass is 341 g/mol. The van der Waals surface area contributed by atoms with Gasteiger partial charge in [-0.05, 0) is 46.6 Å². The molecule has 0 aliphatic heterocycles. The van der Waals surface area contributed by atoms with Crippen molar-refractivity contribution in [1.29, 1.82) is 0 Å². The van der Waals surface area contributed by atoms with Gasteiger partial charge in [-0.2, -0.15) is 4.98 Å². The number of nitro groups is 1. The molecule has 1 fully saturated rings. The quantitative estimate of drug-likeness (QED) is 0.613. The molecule has 0 atom stereocenters. The summed E-state index contributed by atoms with van der Waals surface area (Å²) in [6.45, 7) is 7.89. The first-order chi connectivity index (χ1) is 11.7. The number of hydrogen-bond acceptors (Lipinski definition) is 6. The zero-order valence-corrected chi connectivity index (χ0v) is 15.0. The van der Waals surface area contributed by atoms with Crippen LogP contribution in [0.5, 0.6) is 0 Å².